The molecule has 4 rings (SSSR count). The number of fused-ring (bicyclic) bond motifs is 1. The molecule has 3 heterocycles. The first-order chi connectivity index (χ1) is 13.6. The highest BCUT2D eigenvalue weighted by Crippen LogP contribution is 2.32. The van der Waals surface area contributed by atoms with Crippen LogP contribution in [0.25, 0.3) is 16.9 Å². The molecule has 0 spiro atoms. The zero-order chi connectivity index (χ0) is 19.7. The van der Waals surface area contributed by atoms with Gasteiger partial charge in [0.05, 0.1) is 25.6 Å². The molecular weight excluding hydrogens is 356 g/mol. The second kappa shape index (κ2) is 7.52. The molecule has 0 aliphatic carbocycles. The van der Waals surface area contributed by atoms with Gasteiger partial charge in [-0.25, -0.2) is 4.98 Å². The zero-order valence-corrected chi connectivity index (χ0v) is 16.3. The van der Waals surface area contributed by atoms with Crippen molar-refractivity contribution in [3.8, 4) is 22.8 Å². The van der Waals surface area contributed by atoms with E-state index in [1.165, 1.54) is 0 Å². The van der Waals surface area contributed by atoms with E-state index in [-0.39, 0.29) is 5.56 Å². The lowest BCUT2D eigenvalue weighted by atomic mass is 10.1. The number of piperazine rings is 1. The van der Waals surface area contributed by atoms with Gasteiger partial charge < -0.3 is 19.7 Å². The van der Waals surface area contributed by atoms with Gasteiger partial charge in [0.15, 0.2) is 0 Å². The van der Waals surface area contributed by atoms with Crippen LogP contribution in [0.2, 0.25) is 0 Å². The highest BCUT2D eigenvalue weighted by molar-refractivity contribution is 5.70. The maximum Gasteiger partial charge on any atom is 0.258 e. The summed E-state index contributed by atoms with van der Waals surface area (Å²) in [4.78, 5) is 19.8. The average molecular weight is 380 g/mol. The van der Waals surface area contributed by atoms with Gasteiger partial charge in [0.1, 0.15) is 17.1 Å². The van der Waals surface area contributed by atoms with Crippen LogP contribution in [0, 0.1) is 0 Å². The first kappa shape index (κ1) is 18.3. The number of anilines is 1. The number of pyridine rings is 1. The molecule has 1 N–H and O–H groups in total. The Balaban J connectivity index is 1.76. The molecule has 2 aromatic heterocycles. The Morgan fingerprint density at radius 3 is 2.75 bits per heavy atom. The topological polar surface area (TPSA) is 68.1 Å². The number of nitrogens with one attached hydrogen (secondary N) is 1. The SMILES string of the molecule is COc1ccc(-c2cc(=O)n3cc(N4CCN[C@@H](C)C4)ccc3n2)c(OC)c1. The number of aromatic nitrogens is 2. The van der Waals surface area contributed by atoms with Crippen molar-refractivity contribution >= 4 is 11.3 Å². The molecule has 0 unspecified atom stereocenters. The molecule has 0 amide bonds. The summed E-state index contributed by atoms with van der Waals surface area (Å²) in [5.41, 5.74) is 2.84. The van der Waals surface area contributed by atoms with Crippen LogP contribution in [0.15, 0.2) is 47.4 Å². The first-order valence-corrected chi connectivity index (χ1v) is 9.33. The third-order valence-corrected chi connectivity index (χ3v) is 5.06. The quantitative estimate of drug-likeness (QED) is 0.748. The van der Waals surface area contributed by atoms with Gasteiger partial charge in [-0.05, 0) is 31.2 Å². The van der Waals surface area contributed by atoms with Gasteiger partial charge in [-0.2, -0.15) is 0 Å². The lowest BCUT2D eigenvalue weighted by molar-refractivity contribution is 0.395. The molecule has 1 aromatic carbocycles. The van der Waals surface area contributed by atoms with E-state index in [2.05, 4.69) is 22.1 Å². The summed E-state index contributed by atoms with van der Waals surface area (Å²) in [7, 11) is 3.19. The summed E-state index contributed by atoms with van der Waals surface area (Å²) in [6.45, 7) is 4.92. The van der Waals surface area contributed by atoms with Crippen LogP contribution in [0.3, 0.4) is 0 Å². The minimum atomic E-state index is -0.122. The molecule has 1 aliphatic rings. The van der Waals surface area contributed by atoms with Crippen LogP contribution in [0.1, 0.15) is 6.92 Å². The van der Waals surface area contributed by atoms with Gasteiger partial charge in [0.25, 0.3) is 5.56 Å². The van der Waals surface area contributed by atoms with Crippen LogP contribution < -0.4 is 25.2 Å². The third-order valence-electron chi connectivity index (χ3n) is 5.06. The molecule has 3 aromatic rings. The van der Waals surface area contributed by atoms with Gasteiger partial charge in [0.2, 0.25) is 0 Å². The van der Waals surface area contributed by atoms with E-state index >= 15 is 0 Å². The van der Waals surface area contributed by atoms with E-state index in [1.54, 1.807) is 30.8 Å². The van der Waals surface area contributed by atoms with Crippen molar-refractivity contribution in [2.45, 2.75) is 13.0 Å². The van der Waals surface area contributed by atoms with Crippen LogP contribution in [0.5, 0.6) is 11.5 Å². The van der Waals surface area contributed by atoms with Crippen molar-refractivity contribution in [3.05, 3.63) is 52.9 Å². The molecule has 7 heteroatoms. The molecule has 28 heavy (non-hydrogen) atoms. The highest BCUT2D eigenvalue weighted by Gasteiger charge is 2.17. The van der Waals surface area contributed by atoms with Crippen molar-refractivity contribution < 1.29 is 9.47 Å². The number of benzene rings is 1. The molecule has 1 saturated heterocycles. The molecule has 146 valence electrons. The Morgan fingerprint density at radius 1 is 1.14 bits per heavy atom. The molecule has 1 atom stereocenters. The lowest BCUT2D eigenvalue weighted by Crippen LogP contribution is -2.49. The van der Waals surface area contributed by atoms with Crippen LogP contribution in [0.4, 0.5) is 5.69 Å². The fraction of sp³-hybridized carbons (Fsp3) is 0.333. The monoisotopic (exact) mass is 380 g/mol. The zero-order valence-electron chi connectivity index (χ0n) is 16.3. The van der Waals surface area contributed by atoms with Crippen LogP contribution in [-0.4, -0.2) is 49.3 Å². The number of ether oxygens (including phenoxy) is 2. The molecule has 7 nitrogen and oxygen atoms in total. The van der Waals surface area contributed by atoms with E-state index in [0.29, 0.717) is 28.9 Å². The van der Waals surface area contributed by atoms with Gasteiger partial charge in [-0.3, -0.25) is 9.20 Å². The van der Waals surface area contributed by atoms with Gasteiger partial charge in [-0.15, -0.1) is 0 Å². The normalized spacial score (nSPS) is 17.0. The second-order valence-electron chi connectivity index (χ2n) is 6.96. The summed E-state index contributed by atoms with van der Waals surface area (Å²) >= 11 is 0. The Hall–Kier alpha value is -3.06. The van der Waals surface area contributed by atoms with Gasteiger partial charge in [-0.1, -0.05) is 0 Å². The number of nitrogens with zero attached hydrogens (tertiary/aromatic N) is 3. The highest BCUT2D eigenvalue weighted by atomic mass is 16.5. The van der Waals surface area contributed by atoms with Crippen molar-refractivity contribution in [2.75, 3.05) is 38.8 Å². The molecule has 0 radical (unpaired) electrons. The summed E-state index contributed by atoms with van der Waals surface area (Å²) in [5.74, 6) is 1.30. The summed E-state index contributed by atoms with van der Waals surface area (Å²) in [6, 6.07) is 11.3. The van der Waals surface area contributed by atoms with E-state index in [0.717, 1.165) is 30.9 Å². The Labute approximate surface area is 163 Å². The number of hydrogen-bond acceptors (Lipinski definition) is 6. The number of rotatable bonds is 4. The number of hydrogen-bond donors (Lipinski definition) is 1. The molecule has 0 saturated carbocycles. The predicted molar refractivity (Wildman–Crippen MR) is 110 cm³/mol. The summed E-state index contributed by atoms with van der Waals surface area (Å²) in [6.07, 6.45) is 1.87. The fourth-order valence-electron chi connectivity index (χ4n) is 3.59. The minimum absolute atomic E-state index is 0.122. The van der Waals surface area contributed by atoms with E-state index < -0.39 is 0 Å². The predicted octanol–water partition coefficient (Wildman–Crippen LogP) is 2.18. The molecular formula is C21H24N4O3. The average Bonchev–Trinajstić information content (AvgIpc) is 2.73. The van der Waals surface area contributed by atoms with Crippen molar-refractivity contribution in [1.82, 2.24) is 14.7 Å². The standard InChI is InChI=1S/C21H24N4O3/c1-14-12-24(9-8-22-14)15-4-7-20-23-18(11-21(26)25(20)13-15)17-6-5-16(27-2)10-19(17)28-3/h4-7,10-11,13-14,22H,8-9,12H2,1-3H3/t14-/m0/s1. The molecule has 0 bridgehead atoms. The first-order valence-electron chi connectivity index (χ1n) is 9.33. The van der Waals surface area contributed by atoms with Crippen LogP contribution >= 0.6 is 0 Å². The maximum atomic E-state index is 12.8. The lowest BCUT2D eigenvalue weighted by Gasteiger charge is -2.33. The minimum Gasteiger partial charge on any atom is -0.497 e. The van der Waals surface area contributed by atoms with Crippen molar-refractivity contribution in [1.29, 1.82) is 0 Å². The summed E-state index contributed by atoms with van der Waals surface area (Å²) < 4.78 is 12.3. The Morgan fingerprint density at radius 2 is 2.00 bits per heavy atom. The summed E-state index contributed by atoms with van der Waals surface area (Å²) in [5, 5.41) is 3.43. The third kappa shape index (κ3) is 3.41. The Bertz CT molecular complexity index is 1060. The van der Waals surface area contributed by atoms with E-state index in [1.807, 2.05) is 30.5 Å². The smallest absolute Gasteiger partial charge is 0.258 e. The molecule has 1 aliphatic heterocycles. The van der Waals surface area contributed by atoms with Gasteiger partial charge >= 0.3 is 0 Å². The second-order valence-corrected chi connectivity index (χ2v) is 6.96. The van der Waals surface area contributed by atoms with Crippen LogP contribution in [-0.2, 0) is 0 Å². The van der Waals surface area contributed by atoms with Gasteiger partial charge in [0, 0.05) is 49.6 Å². The number of methoxy groups -OCH3 is 2. The van der Waals surface area contributed by atoms with Crippen molar-refractivity contribution in [3.63, 3.8) is 0 Å². The molecule has 1 fully saturated rings. The van der Waals surface area contributed by atoms with Crippen molar-refractivity contribution in [2.24, 2.45) is 0 Å². The maximum absolute atomic E-state index is 12.8. The Kier molecular flexibility index (Phi) is 4.92. The van der Waals surface area contributed by atoms with E-state index in [4.69, 9.17) is 9.47 Å². The fourth-order valence-corrected chi connectivity index (χ4v) is 3.59. The largest absolute Gasteiger partial charge is 0.497 e. The van der Waals surface area contributed by atoms with E-state index in [9.17, 15) is 4.79 Å².